The topological polar surface area (TPSA) is 72.5 Å². The third-order valence-electron chi connectivity index (χ3n) is 4.27. The van der Waals surface area contributed by atoms with Crippen molar-refractivity contribution in [1.82, 2.24) is 4.98 Å². The highest BCUT2D eigenvalue weighted by Crippen LogP contribution is 2.20. The summed E-state index contributed by atoms with van der Waals surface area (Å²) in [6.07, 6.45) is 2.52. The lowest BCUT2D eigenvalue weighted by atomic mass is 10.1. The highest BCUT2D eigenvalue weighted by atomic mass is 16.5. The fourth-order valence-corrected chi connectivity index (χ4v) is 2.84. The Morgan fingerprint density at radius 2 is 1.64 bits per heavy atom. The molecule has 1 amide bonds. The Morgan fingerprint density at radius 1 is 0.929 bits per heavy atom. The fraction of sp³-hybridized carbons (Fsp3) is 0.182. The minimum absolute atomic E-state index is 0.262. The first kappa shape index (κ1) is 19.2. The molecule has 0 aliphatic carbocycles. The molecule has 3 rings (SSSR count). The Kier molecular flexibility index (Phi) is 6.46. The molecule has 6 nitrogen and oxygen atoms in total. The summed E-state index contributed by atoms with van der Waals surface area (Å²) in [5.74, 6) is 1.62. The molecule has 0 atom stereocenters. The van der Waals surface area contributed by atoms with Gasteiger partial charge in [-0.15, -0.1) is 0 Å². The molecule has 0 unspecified atom stereocenters. The third-order valence-corrected chi connectivity index (χ3v) is 4.27. The molecular formula is C22H23N3O3. The molecule has 1 aromatic heterocycles. The SMILES string of the molecule is COc1ccccc1CCNc1ccc(NC(=O)c2ccccc2OC)nc1. The summed E-state index contributed by atoms with van der Waals surface area (Å²) in [6.45, 7) is 0.745. The second-order valence-electron chi connectivity index (χ2n) is 6.08. The van der Waals surface area contributed by atoms with Crippen molar-refractivity contribution in [3.05, 3.63) is 78.0 Å². The van der Waals surface area contributed by atoms with E-state index in [-0.39, 0.29) is 5.91 Å². The average molecular weight is 377 g/mol. The van der Waals surface area contributed by atoms with Gasteiger partial charge in [0, 0.05) is 6.54 Å². The van der Waals surface area contributed by atoms with Gasteiger partial charge in [0.25, 0.3) is 5.91 Å². The van der Waals surface area contributed by atoms with E-state index < -0.39 is 0 Å². The summed E-state index contributed by atoms with van der Waals surface area (Å²) >= 11 is 0. The van der Waals surface area contributed by atoms with Crippen molar-refractivity contribution in [3.63, 3.8) is 0 Å². The number of amides is 1. The van der Waals surface area contributed by atoms with Gasteiger partial charge in [0.05, 0.1) is 31.7 Å². The predicted molar refractivity (Wildman–Crippen MR) is 110 cm³/mol. The van der Waals surface area contributed by atoms with Crippen molar-refractivity contribution in [2.75, 3.05) is 31.4 Å². The number of pyridine rings is 1. The number of benzene rings is 2. The molecule has 3 aromatic rings. The molecule has 0 radical (unpaired) electrons. The van der Waals surface area contributed by atoms with Gasteiger partial charge < -0.3 is 20.1 Å². The number of nitrogens with one attached hydrogen (secondary N) is 2. The van der Waals surface area contributed by atoms with Gasteiger partial charge in [-0.1, -0.05) is 30.3 Å². The smallest absolute Gasteiger partial charge is 0.260 e. The molecule has 2 aromatic carbocycles. The molecule has 0 saturated carbocycles. The number of nitrogens with zero attached hydrogens (tertiary/aromatic N) is 1. The molecule has 6 heteroatoms. The normalized spacial score (nSPS) is 10.2. The number of aromatic nitrogens is 1. The van der Waals surface area contributed by atoms with Gasteiger partial charge in [-0.05, 0) is 42.3 Å². The third kappa shape index (κ3) is 4.79. The number of para-hydroxylation sites is 2. The Balaban J connectivity index is 1.55. The van der Waals surface area contributed by atoms with Gasteiger partial charge in [0.2, 0.25) is 0 Å². The van der Waals surface area contributed by atoms with Gasteiger partial charge in [0.15, 0.2) is 0 Å². The zero-order valence-electron chi connectivity index (χ0n) is 15.9. The van der Waals surface area contributed by atoms with Crippen molar-refractivity contribution < 1.29 is 14.3 Å². The highest BCUT2D eigenvalue weighted by molar-refractivity contribution is 6.05. The van der Waals surface area contributed by atoms with Gasteiger partial charge in [-0.25, -0.2) is 4.98 Å². The molecule has 144 valence electrons. The van der Waals surface area contributed by atoms with E-state index in [0.29, 0.717) is 17.1 Å². The summed E-state index contributed by atoms with van der Waals surface area (Å²) in [4.78, 5) is 16.7. The molecule has 0 saturated heterocycles. The molecule has 1 heterocycles. The fourth-order valence-electron chi connectivity index (χ4n) is 2.84. The van der Waals surface area contributed by atoms with Crippen LogP contribution in [0.15, 0.2) is 66.9 Å². The number of hydrogen-bond donors (Lipinski definition) is 2. The number of rotatable bonds is 8. The lowest BCUT2D eigenvalue weighted by molar-refractivity contribution is 0.102. The van der Waals surface area contributed by atoms with Crippen LogP contribution in [0.5, 0.6) is 11.5 Å². The van der Waals surface area contributed by atoms with Gasteiger partial charge in [-0.2, -0.15) is 0 Å². The maximum Gasteiger partial charge on any atom is 0.260 e. The minimum atomic E-state index is -0.262. The van der Waals surface area contributed by atoms with Gasteiger partial charge >= 0.3 is 0 Å². The summed E-state index contributed by atoms with van der Waals surface area (Å²) in [5.41, 5.74) is 2.49. The van der Waals surface area contributed by atoms with Crippen LogP contribution < -0.4 is 20.1 Å². The molecule has 0 bridgehead atoms. The molecule has 0 aliphatic rings. The second kappa shape index (κ2) is 9.41. The zero-order valence-corrected chi connectivity index (χ0v) is 15.9. The van der Waals surface area contributed by atoms with E-state index in [4.69, 9.17) is 9.47 Å². The first-order valence-corrected chi connectivity index (χ1v) is 8.97. The van der Waals surface area contributed by atoms with Crippen molar-refractivity contribution >= 4 is 17.4 Å². The molecule has 0 fully saturated rings. The maximum atomic E-state index is 12.4. The summed E-state index contributed by atoms with van der Waals surface area (Å²) in [6, 6.07) is 18.7. The van der Waals surface area contributed by atoms with E-state index in [9.17, 15) is 4.79 Å². The second-order valence-corrected chi connectivity index (χ2v) is 6.08. The van der Waals surface area contributed by atoms with Crippen LogP contribution in [0.4, 0.5) is 11.5 Å². The van der Waals surface area contributed by atoms with E-state index in [1.165, 1.54) is 7.11 Å². The van der Waals surface area contributed by atoms with Crippen LogP contribution in [0, 0.1) is 0 Å². The number of carbonyl (C=O) groups excluding carboxylic acids is 1. The predicted octanol–water partition coefficient (Wildman–Crippen LogP) is 4.01. The van der Waals surface area contributed by atoms with Crippen molar-refractivity contribution in [1.29, 1.82) is 0 Å². The average Bonchev–Trinajstić information content (AvgIpc) is 2.75. The van der Waals surface area contributed by atoms with E-state index >= 15 is 0 Å². The Bertz CT molecular complexity index is 926. The van der Waals surface area contributed by atoms with E-state index in [1.54, 1.807) is 37.6 Å². The van der Waals surface area contributed by atoms with Crippen LogP contribution in [-0.4, -0.2) is 31.7 Å². The molecule has 0 aliphatic heterocycles. The Hall–Kier alpha value is -3.54. The number of carbonyl (C=O) groups is 1. The first-order valence-electron chi connectivity index (χ1n) is 8.97. The first-order chi connectivity index (χ1) is 13.7. The van der Waals surface area contributed by atoms with Gasteiger partial charge in [-0.3, -0.25) is 4.79 Å². The van der Waals surface area contributed by atoms with E-state index in [0.717, 1.165) is 30.0 Å². The van der Waals surface area contributed by atoms with Gasteiger partial charge in [0.1, 0.15) is 17.3 Å². The minimum Gasteiger partial charge on any atom is -0.496 e. The standard InChI is InChI=1S/C22H23N3O3/c1-27-19-9-5-3-7-16(19)13-14-23-17-11-12-21(24-15-17)25-22(26)18-8-4-6-10-20(18)28-2/h3-12,15,23H,13-14H2,1-2H3,(H,24,25,26). The number of methoxy groups -OCH3 is 2. The van der Waals surface area contributed by atoms with Crippen LogP contribution in [0.3, 0.4) is 0 Å². The van der Waals surface area contributed by atoms with E-state index in [2.05, 4.69) is 21.7 Å². The Labute approximate surface area is 164 Å². The monoisotopic (exact) mass is 377 g/mol. The lowest BCUT2D eigenvalue weighted by Crippen LogP contribution is -2.14. The lowest BCUT2D eigenvalue weighted by Gasteiger charge is -2.11. The van der Waals surface area contributed by atoms with Crippen molar-refractivity contribution in [3.8, 4) is 11.5 Å². The molecule has 28 heavy (non-hydrogen) atoms. The summed E-state index contributed by atoms with van der Waals surface area (Å²) in [5, 5.41) is 6.11. The zero-order chi connectivity index (χ0) is 19.8. The number of anilines is 2. The molecular weight excluding hydrogens is 354 g/mol. The number of ether oxygens (including phenoxy) is 2. The number of hydrogen-bond acceptors (Lipinski definition) is 5. The summed E-state index contributed by atoms with van der Waals surface area (Å²) < 4.78 is 10.6. The van der Waals surface area contributed by atoms with Crippen molar-refractivity contribution in [2.24, 2.45) is 0 Å². The Morgan fingerprint density at radius 3 is 2.36 bits per heavy atom. The van der Waals surface area contributed by atoms with Crippen LogP contribution in [0.1, 0.15) is 15.9 Å². The summed E-state index contributed by atoms with van der Waals surface area (Å²) in [7, 11) is 3.21. The molecule has 2 N–H and O–H groups in total. The van der Waals surface area contributed by atoms with Crippen molar-refractivity contribution in [2.45, 2.75) is 6.42 Å². The largest absolute Gasteiger partial charge is 0.496 e. The van der Waals surface area contributed by atoms with Crippen LogP contribution in [0.2, 0.25) is 0 Å². The maximum absolute atomic E-state index is 12.4. The van der Waals surface area contributed by atoms with E-state index in [1.807, 2.05) is 30.3 Å². The highest BCUT2D eigenvalue weighted by Gasteiger charge is 2.12. The van der Waals surface area contributed by atoms with Crippen LogP contribution in [0.25, 0.3) is 0 Å². The van der Waals surface area contributed by atoms with Crippen LogP contribution in [-0.2, 0) is 6.42 Å². The molecule has 0 spiro atoms. The quantitative estimate of drug-likeness (QED) is 0.621. The van der Waals surface area contributed by atoms with Crippen LogP contribution >= 0.6 is 0 Å².